The molecule has 1 aromatic heterocycles. The number of aryl methyl sites for hydroxylation is 1. The molecule has 2 rings (SSSR count). The predicted molar refractivity (Wildman–Crippen MR) is 76.2 cm³/mol. The third kappa shape index (κ3) is 2.89. The summed E-state index contributed by atoms with van der Waals surface area (Å²) in [6.45, 7) is 5.36. The van der Waals surface area contributed by atoms with Gasteiger partial charge in [-0.15, -0.1) is 11.3 Å². The van der Waals surface area contributed by atoms with E-state index in [9.17, 15) is 0 Å². The highest BCUT2D eigenvalue weighted by Gasteiger charge is 2.10. The molecule has 0 aliphatic carbocycles. The Morgan fingerprint density at radius 2 is 2.00 bits per heavy atom. The molecular formula is C14H18N2OS. The molecular weight excluding hydrogens is 244 g/mol. The van der Waals surface area contributed by atoms with Crippen LogP contribution in [0.15, 0.2) is 24.3 Å². The first-order valence-corrected chi connectivity index (χ1v) is 6.96. The molecule has 0 saturated heterocycles. The highest BCUT2D eigenvalue weighted by Crippen LogP contribution is 2.29. The van der Waals surface area contributed by atoms with Crippen LogP contribution in [0.2, 0.25) is 0 Å². The topological polar surface area (TPSA) is 48.1 Å². The monoisotopic (exact) mass is 262 g/mol. The maximum atomic E-state index is 5.64. The molecule has 4 heteroatoms. The van der Waals surface area contributed by atoms with Crippen LogP contribution < -0.4 is 10.5 Å². The fourth-order valence-electron chi connectivity index (χ4n) is 1.87. The Morgan fingerprint density at radius 3 is 2.61 bits per heavy atom. The van der Waals surface area contributed by atoms with E-state index in [-0.39, 0.29) is 0 Å². The van der Waals surface area contributed by atoms with Crippen molar-refractivity contribution in [3.63, 3.8) is 0 Å². The Labute approximate surface area is 112 Å². The maximum absolute atomic E-state index is 5.64. The lowest BCUT2D eigenvalue weighted by molar-refractivity contribution is 0.340. The van der Waals surface area contributed by atoms with Gasteiger partial charge in [0.25, 0.3) is 0 Å². The second-order valence-electron chi connectivity index (χ2n) is 4.00. The Morgan fingerprint density at radius 1 is 1.28 bits per heavy atom. The Bertz CT molecular complexity index is 505. The second kappa shape index (κ2) is 5.98. The molecule has 0 spiro atoms. The number of benzene rings is 1. The summed E-state index contributed by atoms with van der Waals surface area (Å²) in [6.07, 6.45) is 0.883. The van der Waals surface area contributed by atoms with Gasteiger partial charge in [-0.25, -0.2) is 4.98 Å². The quantitative estimate of drug-likeness (QED) is 0.901. The van der Waals surface area contributed by atoms with Crippen molar-refractivity contribution >= 4 is 11.3 Å². The summed E-state index contributed by atoms with van der Waals surface area (Å²) in [5.41, 5.74) is 7.83. The van der Waals surface area contributed by atoms with Crippen LogP contribution in [0, 0.1) is 6.92 Å². The van der Waals surface area contributed by atoms with E-state index in [0.29, 0.717) is 13.2 Å². The van der Waals surface area contributed by atoms with Gasteiger partial charge in [0, 0.05) is 10.4 Å². The van der Waals surface area contributed by atoms with Crippen molar-refractivity contribution in [1.82, 2.24) is 4.98 Å². The molecule has 0 saturated carbocycles. The molecule has 0 aliphatic heterocycles. The third-order valence-electron chi connectivity index (χ3n) is 2.61. The molecule has 1 aromatic carbocycles. The molecule has 2 N–H and O–H groups in total. The normalized spacial score (nSPS) is 10.6. The fraction of sp³-hybridized carbons (Fsp3) is 0.357. The molecule has 0 unspecified atom stereocenters. The zero-order valence-corrected chi connectivity index (χ0v) is 11.6. The molecule has 0 amide bonds. The minimum atomic E-state index is 0.658. The summed E-state index contributed by atoms with van der Waals surface area (Å²) in [5, 5.41) is 1.09. The number of hydrogen-bond donors (Lipinski definition) is 1. The van der Waals surface area contributed by atoms with Gasteiger partial charge < -0.3 is 10.5 Å². The minimum Gasteiger partial charge on any atom is -0.494 e. The van der Waals surface area contributed by atoms with Crippen LogP contribution in [-0.2, 0) is 6.42 Å². The molecule has 0 radical (unpaired) electrons. The summed E-state index contributed by atoms with van der Waals surface area (Å²) < 4.78 is 5.44. The lowest BCUT2D eigenvalue weighted by atomic mass is 10.1. The van der Waals surface area contributed by atoms with Crippen molar-refractivity contribution in [1.29, 1.82) is 0 Å². The van der Waals surface area contributed by atoms with Crippen molar-refractivity contribution in [3.05, 3.63) is 34.2 Å². The lowest BCUT2D eigenvalue weighted by Gasteiger charge is -2.05. The van der Waals surface area contributed by atoms with Crippen LogP contribution in [0.25, 0.3) is 11.3 Å². The van der Waals surface area contributed by atoms with E-state index in [0.717, 1.165) is 28.4 Å². The van der Waals surface area contributed by atoms with Gasteiger partial charge in [-0.3, -0.25) is 0 Å². The minimum absolute atomic E-state index is 0.658. The van der Waals surface area contributed by atoms with Crippen LogP contribution in [-0.4, -0.2) is 18.1 Å². The lowest BCUT2D eigenvalue weighted by Crippen LogP contribution is -2.02. The molecule has 0 fully saturated rings. The number of hydrogen-bond acceptors (Lipinski definition) is 4. The number of thiazole rings is 1. The highest BCUT2D eigenvalue weighted by molar-refractivity contribution is 7.12. The SMILES string of the molecule is CCOc1ccc(-c2nc(C)sc2CCN)cc1. The maximum Gasteiger partial charge on any atom is 0.119 e. The number of rotatable bonds is 5. The Kier molecular flexibility index (Phi) is 4.33. The van der Waals surface area contributed by atoms with E-state index in [1.165, 1.54) is 4.88 Å². The van der Waals surface area contributed by atoms with Crippen molar-refractivity contribution < 1.29 is 4.74 Å². The van der Waals surface area contributed by atoms with Crippen molar-refractivity contribution in [3.8, 4) is 17.0 Å². The fourth-order valence-corrected chi connectivity index (χ4v) is 2.84. The first-order chi connectivity index (χ1) is 8.74. The van der Waals surface area contributed by atoms with Gasteiger partial charge in [0.2, 0.25) is 0 Å². The van der Waals surface area contributed by atoms with Gasteiger partial charge >= 0.3 is 0 Å². The molecule has 96 valence electrons. The molecule has 0 atom stereocenters. The summed E-state index contributed by atoms with van der Waals surface area (Å²) in [4.78, 5) is 5.86. The van der Waals surface area contributed by atoms with Crippen LogP contribution in [0.5, 0.6) is 5.75 Å². The van der Waals surface area contributed by atoms with E-state index in [2.05, 4.69) is 17.1 Å². The zero-order chi connectivity index (χ0) is 13.0. The van der Waals surface area contributed by atoms with E-state index >= 15 is 0 Å². The Balaban J connectivity index is 2.29. The summed E-state index contributed by atoms with van der Waals surface area (Å²) in [5.74, 6) is 0.897. The molecule has 0 bridgehead atoms. The van der Waals surface area contributed by atoms with Crippen LogP contribution in [0.3, 0.4) is 0 Å². The molecule has 18 heavy (non-hydrogen) atoms. The largest absolute Gasteiger partial charge is 0.494 e. The van der Waals surface area contributed by atoms with E-state index < -0.39 is 0 Å². The van der Waals surface area contributed by atoms with Gasteiger partial charge in [0.15, 0.2) is 0 Å². The Hall–Kier alpha value is -1.39. The number of nitrogens with zero attached hydrogens (tertiary/aromatic N) is 1. The highest BCUT2D eigenvalue weighted by atomic mass is 32.1. The molecule has 2 aromatic rings. The van der Waals surface area contributed by atoms with Crippen LogP contribution >= 0.6 is 11.3 Å². The number of nitrogens with two attached hydrogens (primary N) is 1. The smallest absolute Gasteiger partial charge is 0.119 e. The summed E-state index contributed by atoms with van der Waals surface area (Å²) >= 11 is 1.73. The van der Waals surface area contributed by atoms with Gasteiger partial charge in [-0.05, 0) is 51.1 Å². The van der Waals surface area contributed by atoms with E-state index in [4.69, 9.17) is 10.5 Å². The first-order valence-electron chi connectivity index (χ1n) is 6.14. The van der Waals surface area contributed by atoms with Gasteiger partial charge in [-0.2, -0.15) is 0 Å². The van der Waals surface area contributed by atoms with Crippen LogP contribution in [0.4, 0.5) is 0 Å². The van der Waals surface area contributed by atoms with E-state index in [1.54, 1.807) is 11.3 Å². The third-order valence-corrected chi connectivity index (χ3v) is 3.65. The summed E-state index contributed by atoms with van der Waals surface area (Å²) in [6, 6.07) is 8.08. The van der Waals surface area contributed by atoms with E-state index in [1.807, 2.05) is 26.0 Å². The van der Waals surface area contributed by atoms with Gasteiger partial charge in [0.1, 0.15) is 5.75 Å². The zero-order valence-electron chi connectivity index (χ0n) is 10.8. The van der Waals surface area contributed by atoms with Crippen molar-refractivity contribution in [2.45, 2.75) is 20.3 Å². The first kappa shape index (κ1) is 13.1. The van der Waals surface area contributed by atoms with Gasteiger partial charge in [0.05, 0.1) is 17.3 Å². The van der Waals surface area contributed by atoms with Crippen molar-refractivity contribution in [2.75, 3.05) is 13.2 Å². The average Bonchev–Trinajstić information content (AvgIpc) is 2.72. The second-order valence-corrected chi connectivity index (χ2v) is 5.29. The standard InChI is InChI=1S/C14H18N2OS/c1-3-17-12-6-4-11(5-7-12)14-13(8-9-15)18-10(2)16-14/h4-7H,3,8-9,15H2,1-2H3. The molecule has 1 heterocycles. The van der Waals surface area contributed by atoms with Crippen LogP contribution in [0.1, 0.15) is 16.8 Å². The predicted octanol–water partition coefficient (Wildman–Crippen LogP) is 3.02. The van der Waals surface area contributed by atoms with Gasteiger partial charge in [-0.1, -0.05) is 0 Å². The average molecular weight is 262 g/mol. The molecule has 0 aliphatic rings. The molecule has 3 nitrogen and oxygen atoms in total. The summed E-state index contributed by atoms with van der Waals surface area (Å²) in [7, 11) is 0. The van der Waals surface area contributed by atoms with Crippen molar-refractivity contribution in [2.24, 2.45) is 5.73 Å². The number of ether oxygens (including phenoxy) is 1. The number of aromatic nitrogens is 1.